The molecule has 8 nitrogen and oxygen atoms in total. The fourth-order valence-electron chi connectivity index (χ4n) is 3.42. The van der Waals surface area contributed by atoms with Crippen LogP contribution in [0.1, 0.15) is 12.1 Å². The molecule has 9 heteroatoms. The van der Waals surface area contributed by atoms with Gasteiger partial charge >= 0.3 is 0 Å². The Hall–Kier alpha value is -3.10. The quantitative estimate of drug-likeness (QED) is 0.624. The number of rotatable bonds is 6. The van der Waals surface area contributed by atoms with Crippen molar-refractivity contribution in [3.8, 4) is 11.4 Å². The summed E-state index contributed by atoms with van der Waals surface area (Å²) in [7, 11) is 1.95. The lowest BCUT2D eigenvalue weighted by Crippen LogP contribution is -2.35. The van der Waals surface area contributed by atoms with Crippen LogP contribution in [0.15, 0.2) is 58.4 Å². The first kappa shape index (κ1) is 20.2. The Morgan fingerprint density at radius 3 is 2.80 bits per heavy atom. The molecule has 0 aliphatic carbocycles. The first-order valence-corrected chi connectivity index (χ1v) is 10.0. The molecule has 0 bridgehead atoms. The molecule has 3 aromatic rings. The van der Waals surface area contributed by atoms with Crippen LogP contribution in [-0.2, 0) is 6.61 Å². The van der Waals surface area contributed by atoms with Crippen LogP contribution in [0.3, 0.4) is 0 Å². The molecule has 0 radical (unpaired) electrons. The van der Waals surface area contributed by atoms with E-state index in [0.717, 1.165) is 25.3 Å². The molecule has 4 heterocycles. The van der Waals surface area contributed by atoms with Crippen LogP contribution in [0.5, 0.6) is 5.75 Å². The Morgan fingerprint density at radius 2 is 2.13 bits per heavy atom. The number of hydrogen-bond donors (Lipinski definition) is 2. The number of halogens is 1. The van der Waals surface area contributed by atoms with Gasteiger partial charge in [-0.25, -0.2) is 0 Å². The number of aromatic amines is 1. The summed E-state index contributed by atoms with van der Waals surface area (Å²) in [4.78, 5) is 34.3. The van der Waals surface area contributed by atoms with Gasteiger partial charge in [-0.2, -0.15) is 0 Å². The first-order valence-electron chi connectivity index (χ1n) is 9.64. The molecule has 0 spiro atoms. The number of ether oxygens (including phenoxy) is 1. The Bertz CT molecular complexity index is 1140. The highest BCUT2D eigenvalue weighted by Gasteiger charge is 2.20. The average Bonchev–Trinajstić information content (AvgIpc) is 3.28. The van der Waals surface area contributed by atoms with Crippen molar-refractivity contribution in [2.24, 2.45) is 0 Å². The number of aromatic nitrogens is 3. The molecule has 0 amide bonds. The van der Waals surface area contributed by atoms with Crippen molar-refractivity contribution in [3.63, 3.8) is 0 Å². The minimum absolute atomic E-state index is 0.207. The number of nitrogens with one attached hydrogen (secondary N) is 2. The van der Waals surface area contributed by atoms with Gasteiger partial charge in [0.2, 0.25) is 0 Å². The van der Waals surface area contributed by atoms with Crippen LogP contribution in [-0.4, -0.2) is 40.7 Å². The zero-order valence-electron chi connectivity index (χ0n) is 16.5. The molecule has 1 fully saturated rings. The minimum atomic E-state index is -0.358. The number of nitrogens with zero attached hydrogens (tertiary/aromatic N) is 3. The Morgan fingerprint density at radius 1 is 1.27 bits per heavy atom. The van der Waals surface area contributed by atoms with Gasteiger partial charge in [0.1, 0.15) is 23.9 Å². The normalized spacial score (nSPS) is 15.9. The van der Waals surface area contributed by atoms with Crippen molar-refractivity contribution in [1.82, 2.24) is 19.9 Å². The summed E-state index contributed by atoms with van der Waals surface area (Å²) >= 11 is 5.82. The van der Waals surface area contributed by atoms with E-state index in [9.17, 15) is 9.59 Å². The summed E-state index contributed by atoms with van der Waals surface area (Å²) in [5, 5.41) is 3.86. The summed E-state index contributed by atoms with van der Waals surface area (Å²) in [6, 6.07) is 10.3. The lowest BCUT2D eigenvalue weighted by molar-refractivity contribution is 0.300. The van der Waals surface area contributed by atoms with Crippen LogP contribution in [0, 0.1) is 0 Å². The minimum Gasteiger partial charge on any atom is -0.487 e. The summed E-state index contributed by atoms with van der Waals surface area (Å²) in [6.07, 6.45) is 4.09. The van der Waals surface area contributed by atoms with Crippen molar-refractivity contribution in [3.05, 3.63) is 80.2 Å². The molecule has 1 aliphatic rings. The van der Waals surface area contributed by atoms with E-state index >= 15 is 0 Å². The predicted molar refractivity (Wildman–Crippen MR) is 116 cm³/mol. The molecule has 156 valence electrons. The van der Waals surface area contributed by atoms with E-state index in [2.05, 4.69) is 20.2 Å². The molecule has 3 aromatic heterocycles. The molecular weight excluding hydrogens is 406 g/mol. The van der Waals surface area contributed by atoms with E-state index in [1.807, 2.05) is 13.1 Å². The highest BCUT2D eigenvalue weighted by molar-refractivity contribution is 6.30. The summed E-state index contributed by atoms with van der Waals surface area (Å²) < 4.78 is 6.92. The predicted octanol–water partition coefficient (Wildman–Crippen LogP) is 1.95. The first-order chi connectivity index (χ1) is 14.5. The largest absolute Gasteiger partial charge is 0.487 e. The van der Waals surface area contributed by atoms with E-state index in [1.54, 1.807) is 24.3 Å². The second-order valence-electron chi connectivity index (χ2n) is 7.14. The Labute approximate surface area is 178 Å². The topological polar surface area (TPSA) is 92.2 Å². The summed E-state index contributed by atoms with van der Waals surface area (Å²) in [5.74, 6) is 1.12. The van der Waals surface area contributed by atoms with Crippen molar-refractivity contribution >= 4 is 17.4 Å². The summed E-state index contributed by atoms with van der Waals surface area (Å²) in [6.45, 7) is 2.06. The van der Waals surface area contributed by atoms with Gasteiger partial charge in [0.15, 0.2) is 0 Å². The second-order valence-corrected chi connectivity index (χ2v) is 7.58. The number of hydrogen-bond acceptors (Lipinski definition) is 6. The third kappa shape index (κ3) is 4.39. The monoisotopic (exact) mass is 427 g/mol. The van der Waals surface area contributed by atoms with Crippen molar-refractivity contribution in [2.45, 2.75) is 19.1 Å². The number of H-pyrrole nitrogens is 1. The van der Waals surface area contributed by atoms with Gasteiger partial charge in [-0.15, -0.1) is 0 Å². The van der Waals surface area contributed by atoms with E-state index < -0.39 is 0 Å². The molecule has 0 saturated carbocycles. The molecule has 0 aromatic carbocycles. The maximum absolute atomic E-state index is 12.6. The molecule has 1 atom stereocenters. The zero-order chi connectivity index (χ0) is 21.1. The zero-order valence-corrected chi connectivity index (χ0v) is 17.2. The fourth-order valence-corrected chi connectivity index (χ4v) is 3.53. The number of pyridine rings is 3. The molecule has 4 rings (SSSR count). The third-order valence-electron chi connectivity index (χ3n) is 5.16. The fraction of sp³-hybridized carbons (Fsp3) is 0.286. The molecule has 1 saturated heterocycles. The number of likely N-dealkylation sites (N-methyl/N-ethyl adjacent to an activating group) is 1. The number of anilines is 1. The van der Waals surface area contributed by atoms with Crippen molar-refractivity contribution in [2.75, 3.05) is 25.0 Å². The van der Waals surface area contributed by atoms with Crippen LogP contribution in [0.2, 0.25) is 5.02 Å². The SMILES string of the molecule is CN(c1ccc(-n2ccc(OCc3ccc(Cl)cn3)cc2=O)c(=O)[nH]1)[C@@H]1CCNC1. The highest BCUT2D eigenvalue weighted by Crippen LogP contribution is 2.16. The Balaban J connectivity index is 1.50. The summed E-state index contributed by atoms with van der Waals surface area (Å²) in [5.41, 5.74) is 0.263. The van der Waals surface area contributed by atoms with Crippen LogP contribution >= 0.6 is 11.6 Å². The van der Waals surface area contributed by atoms with Crippen molar-refractivity contribution < 1.29 is 4.74 Å². The van der Waals surface area contributed by atoms with E-state index in [-0.39, 0.29) is 23.4 Å². The van der Waals surface area contributed by atoms with E-state index in [4.69, 9.17) is 16.3 Å². The van der Waals surface area contributed by atoms with Crippen LogP contribution < -0.4 is 26.1 Å². The molecular formula is C21H22ClN5O3. The van der Waals surface area contributed by atoms with E-state index in [0.29, 0.717) is 22.5 Å². The van der Waals surface area contributed by atoms with Gasteiger partial charge in [0.05, 0.1) is 10.7 Å². The lowest BCUT2D eigenvalue weighted by Gasteiger charge is -2.25. The molecule has 1 aliphatic heterocycles. The van der Waals surface area contributed by atoms with Gasteiger partial charge in [0, 0.05) is 38.1 Å². The Kier molecular flexibility index (Phi) is 5.87. The third-order valence-corrected chi connectivity index (χ3v) is 5.38. The van der Waals surface area contributed by atoms with Gasteiger partial charge < -0.3 is 19.9 Å². The molecule has 0 unspecified atom stereocenters. The van der Waals surface area contributed by atoms with E-state index in [1.165, 1.54) is 23.0 Å². The van der Waals surface area contributed by atoms with Crippen LogP contribution in [0.4, 0.5) is 5.82 Å². The van der Waals surface area contributed by atoms with Gasteiger partial charge in [-0.3, -0.25) is 19.1 Å². The van der Waals surface area contributed by atoms with Crippen LogP contribution in [0.25, 0.3) is 5.69 Å². The average molecular weight is 428 g/mol. The standard InChI is InChI=1S/C21H22ClN5O3/c1-26(16-6-8-23-12-16)19-5-4-18(21(29)25-19)27-9-7-17(10-20(27)28)30-13-15-3-2-14(22)11-24-15/h2-5,7,9-11,16,23H,6,8,12-13H2,1H3,(H,25,29)/t16-/m1/s1. The van der Waals surface area contributed by atoms with Gasteiger partial charge in [-0.1, -0.05) is 11.6 Å². The smallest absolute Gasteiger partial charge is 0.273 e. The molecule has 30 heavy (non-hydrogen) atoms. The molecule has 2 N–H and O–H groups in total. The lowest BCUT2D eigenvalue weighted by atomic mass is 10.2. The maximum atomic E-state index is 12.6. The van der Waals surface area contributed by atoms with Gasteiger partial charge in [-0.05, 0) is 43.3 Å². The highest BCUT2D eigenvalue weighted by atomic mass is 35.5. The van der Waals surface area contributed by atoms with Crippen molar-refractivity contribution in [1.29, 1.82) is 0 Å². The maximum Gasteiger partial charge on any atom is 0.273 e. The second kappa shape index (κ2) is 8.73. The van der Waals surface area contributed by atoms with Gasteiger partial charge in [0.25, 0.3) is 11.1 Å².